The number of unbranched alkanes of at least 4 members (excludes halogenated alkanes) is 1. The van der Waals surface area contributed by atoms with Gasteiger partial charge in [0.25, 0.3) is 0 Å². The Kier molecular flexibility index (Phi) is 12.1. The number of anilines is 1. The van der Waals surface area contributed by atoms with Gasteiger partial charge in [0.1, 0.15) is 11.6 Å². The minimum absolute atomic E-state index is 0.126. The predicted octanol–water partition coefficient (Wildman–Crippen LogP) is 3.57. The Morgan fingerprint density at radius 1 is 1.16 bits per heavy atom. The fourth-order valence-corrected chi connectivity index (χ4v) is 2.95. The first-order chi connectivity index (χ1) is 14.8. The van der Waals surface area contributed by atoms with Crippen molar-refractivity contribution in [2.24, 2.45) is 17.4 Å². The monoisotopic (exact) mass is 424 g/mol. The topological polar surface area (TPSA) is 133 Å². The summed E-state index contributed by atoms with van der Waals surface area (Å²) in [5.74, 6) is 1.03. The van der Waals surface area contributed by atoms with Gasteiger partial charge in [-0.25, -0.2) is 0 Å². The molecule has 1 aromatic carbocycles. The summed E-state index contributed by atoms with van der Waals surface area (Å²) in [7, 11) is 0. The second kappa shape index (κ2) is 14.6. The maximum Gasteiger partial charge on any atom is 0.229 e. The van der Waals surface area contributed by atoms with E-state index in [2.05, 4.69) is 29.4 Å². The quantitative estimate of drug-likeness (QED) is 0.455. The number of aryl methyl sites for hydroxylation is 1. The molecule has 0 spiro atoms. The number of allylic oxidation sites excluding steroid dienone is 3. The zero-order valence-corrected chi connectivity index (χ0v) is 18.8. The third-order valence-corrected chi connectivity index (χ3v) is 4.65. The van der Waals surface area contributed by atoms with Gasteiger partial charge in [-0.05, 0) is 55.5 Å². The van der Waals surface area contributed by atoms with E-state index in [1.807, 2.05) is 37.3 Å². The van der Waals surface area contributed by atoms with E-state index in [9.17, 15) is 4.79 Å². The van der Waals surface area contributed by atoms with Gasteiger partial charge in [-0.3, -0.25) is 4.79 Å². The molecule has 7 nitrogen and oxygen atoms in total. The van der Waals surface area contributed by atoms with Crippen molar-refractivity contribution in [3.63, 3.8) is 0 Å². The second-order valence-corrected chi connectivity index (χ2v) is 7.40. The molecule has 0 fully saturated rings. The SMILES string of the molecule is CCCCC(CC)/C(N)=C/C=C(\N)NC(=O)Cc1cccc(C)c1.Nc1cccnn1. The molecule has 7 N–H and O–H groups in total. The molecule has 0 saturated heterocycles. The Morgan fingerprint density at radius 2 is 1.94 bits per heavy atom. The van der Waals surface area contributed by atoms with Gasteiger partial charge in [-0.15, -0.1) is 5.10 Å². The number of carbonyl (C=O) groups excluding carboxylic acids is 1. The van der Waals surface area contributed by atoms with E-state index in [0.717, 1.165) is 36.1 Å². The number of nitrogen functional groups attached to an aromatic ring is 1. The van der Waals surface area contributed by atoms with Crippen LogP contribution in [0.4, 0.5) is 5.82 Å². The van der Waals surface area contributed by atoms with Crippen molar-refractivity contribution in [1.82, 2.24) is 15.5 Å². The Morgan fingerprint density at radius 3 is 2.48 bits per heavy atom. The van der Waals surface area contributed by atoms with Crippen LogP contribution in [0.5, 0.6) is 0 Å². The molecule has 0 bridgehead atoms. The number of nitrogens with one attached hydrogen (secondary N) is 1. The van der Waals surface area contributed by atoms with E-state index in [-0.39, 0.29) is 5.91 Å². The average molecular weight is 425 g/mol. The third kappa shape index (κ3) is 11.4. The van der Waals surface area contributed by atoms with Crippen molar-refractivity contribution in [1.29, 1.82) is 0 Å². The highest BCUT2D eigenvalue weighted by Crippen LogP contribution is 2.18. The van der Waals surface area contributed by atoms with Crippen LogP contribution < -0.4 is 22.5 Å². The summed E-state index contributed by atoms with van der Waals surface area (Å²) >= 11 is 0. The van der Waals surface area contributed by atoms with Gasteiger partial charge in [0.15, 0.2) is 0 Å². The predicted molar refractivity (Wildman–Crippen MR) is 127 cm³/mol. The third-order valence-electron chi connectivity index (χ3n) is 4.65. The Hall–Kier alpha value is -3.35. The molecule has 2 aromatic rings. The molecule has 0 aliphatic heterocycles. The van der Waals surface area contributed by atoms with Crippen LogP contribution in [0.3, 0.4) is 0 Å². The lowest BCUT2D eigenvalue weighted by Crippen LogP contribution is -2.28. The van der Waals surface area contributed by atoms with Gasteiger partial charge in [0, 0.05) is 11.9 Å². The Bertz CT molecular complexity index is 848. The number of hydrogen-bond acceptors (Lipinski definition) is 6. The van der Waals surface area contributed by atoms with E-state index in [4.69, 9.17) is 17.2 Å². The molecule has 1 aromatic heterocycles. The van der Waals surface area contributed by atoms with Crippen LogP contribution in [-0.2, 0) is 11.2 Å². The number of nitrogens with zero attached hydrogens (tertiary/aromatic N) is 2. The number of hydrogen-bond donors (Lipinski definition) is 4. The van der Waals surface area contributed by atoms with Crippen LogP contribution in [0.25, 0.3) is 0 Å². The number of aromatic nitrogens is 2. The average Bonchev–Trinajstić information content (AvgIpc) is 2.73. The zero-order chi connectivity index (χ0) is 23.1. The van der Waals surface area contributed by atoms with E-state index in [1.54, 1.807) is 24.4 Å². The molecular weight excluding hydrogens is 388 g/mol. The van der Waals surface area contributed by atoms with Crippen molar-refractivity contribution in [2.45, 2.75) is 52.9 Å². The summed E-state index contributed by atoms with van der Waals surface area (Å²) in [5, 5.41) is 9.72. The lowest BCUT2D eigenvalue weighted by atomic mass is 9.96. The van der Waals surface area contributed by atoms with Gasteiger partial charge in [-0.1, -0.05) is 56.5 Å². The highest BCUT2D eigenvalue weighted by Gasteiger charge is 2.08. The fourth-order valence-electron chi connectivity index (χ4n) is 2.95. The maximum absolute atomic E-state index is 12.0. The first-order valence-corrected chi connectivity index (χ1v) is 10.7. The molecule has 1 heterocycles. The van der Waals surface area contributed by atoms with E-state index in [0.29, 0.717) is 24.0 Å². The number of amides is 1. The molecule has 168 valence electrons. The number of rotatable bonds is 9. The van der Waals surface area contributed by atoms with Crippen LogP contribution in [0.1, 0.15) is 50.7 Å². The number of benzene rings is 1. The molecule has 0 aliphatic rings. The fraction of sp³-hybridized carbons (Fsp3) is 0.375. The summed E-state index contributed by atoms with van der Waals surface area (Å²) in [6.07, 6.45) is 9.80. The molecule has 1 unspecified atom stereocenters. The lowest BCUT2D eigenvalue weighted by molar-refractivity contribution is -0.119. The largest absolute Gasteiger partial charge is 0.402 e. The van der Waals surface area contributed by atoms with Crippen molar-refractivity contribution >= 4 is 11.7 Å². The Labute approximate surface area is 185 Å². The highest BCUT2D eigenvalue weighted by molar-refractivity contribution is 5.80. The van der Waals surface area contributed by atoms with Crippen LogP contribution in [0.15, 0.2) is 66.3 Å². The molecule has 31 heavy (non-hydrogen) atoms. The second-order valence-electron chi connectivity index (χ2n) is 7.40. The molecular formula is C24H36N6O. The van der Waals surface area contributed by atoms with Gasteiger partial charge >= 0.3 is 0 Å². The standard InChI is InChI=1S/C20H31N3O.C4H5N3/c1-4-6-10-17(5-2)18(21)11-12-19(22)23-20(24)14-16-9-7-8-15(3)13-16;5-4-2-1-3-6-7-4/h7-9,11-13,17H,4-6,10,14,21-22H2,1-3H3,(H,23,24);1-3H,(H2,5,7)/b18-11-,19-12+;. The summed E-state index contributed by atoms with van der Waals surface area (Å²) in [6, 6.07) is 11.3. The van der Waals surface area contributed by atoms with Crippen LogP contribution in [0, 0.1) is 12.8 Å². The van der Waals surface area contributed by atoms with Gasteiger partial charge in [0.2, 0.25) is 5.91 Å². The van der Waals surface area contributed by atoms with Crippen molar-refractivity contribution in [3.8, 4) is 0 Å². The van der Waals surface area contributed by atoms with Gasteiger partial charge in [0.05, 0.1) is 6.42 Å². The van der Waals surface area contributed by atoms with Crippen LogP contribution in [-0.4, -0.2) is 16.1 Å². The number of carbonyl (C=O) groups is 1. The first-order valence-electron chi connectivity index (χ1n) is 10.7. The lowest BCUT2D eigenvalue weighted by Gasteiger charge is -2.14. The smallest absolute Gasteiger partial charge is 0.229 e. The molecule has 1 atom stereocenters. The molecule has 7 heteroatoms. The minimum atomic E-state index is -0.126. The van der Waals surface area contributed by atoms with Crippen molar-refractivity contribution < 1.29 is 4.79 Å². The first kappa shape index (κ1) is 25.7. The Balaban J connectivity index is 0.000000577. The maximum atomic E-state index is 12.0. The number of nitrogens with two attached hydrogens (primary N) is 3. The molecule has 0 saturated carbocycles. The molecule has 0 radical (unpaired) electrons. The highest BCUT2D eigenvalue weighted by atomic mass is 16.1. The van der Waals surface area contributed by atoms with Crippen LogP contribution in [0.2, 0.25) is 0 Å². The molecule has 1 amide bonds. The van der Waals surface area contributed by atoms with Crippen LogP contribution >= 0.6 is 0 Å². The van der Waals surface area contributed by atoms with Gasteiger partial charge in [-0.2, -0.15) is 5.10 Å². The van der Waals surface area contributed by atoms with E-state index < -0.39 is 0 Å². The van der Waals surface area contributed by atoms with E-state index >= 15 is 0 Å². The summed E-state index contributed by atoms with van der Waals surface area (Å²) in [6.45, 7) is 6.32. The normalized spacial score (nSPS) is 12.5. The summed E-state index contributed by atoms with van der Waals surface area (Å²) in [5.41, 5.74) is 20.1. The molecule has 0 aliphatic carbocycles. The van der Waals surface area contributed by atoms with Gasteiger partial charge < -0.3 is 22.5 Å². The zero-order valence-electron chi connectivity index (χ0n) is 18.8. The molecule has 2 rings (SSSR count). The van der Waals surface area contributed by atoms with Crippen molar-refractivity contribution in [2.75, 3.05) is 5.73 Å². The summed E-state index contributed by atoms with van der Waals surface area (Å²) in [4.78, 5) is 12.0. The minimum Gasteiger partial charge on any atom is -0.402 e. The summed E-state index contributed by atoms with van der Waals surface area (Å²) < 4.78 is 0. The van der Waals surface area contributed by atoms with Crippen molar-refractivity contribution in [3.05, 3.63) is 77.4 Å². The van der Waals surface area contributed by atoms with E-state index in [1.165, 1.54) is 6.42 Å².